The third kappa shape index (κ3) is 3.12. The number of nitrogens with one attached hydrogen (secondary N) is 1. The Balaban J connectivity index is 1.73. The van der Waals surface area contributed by atoms with Gasteiger partial charge in [0.25, 0.3) is 0 Å². The summed E-state index contributed by atoms with van der Waals surface area (Å²) in [5.41, 5.74) is 4.91. The van der Waals surface area contributed by atoms with Crippen LogP contribution in [0.1, 0.15) is 24.2 Å². The normalized spacial score (nSPS) is 17.0. The molecule has 2 aromatic heterocycles. The molecule has 0 radical (unpaired) electrons. The zero-order valence-electron chi connectivity index (χ0n) is 15.5. The van der Waals surface area contributed by atoms with Crippen LogP contribution in [0.25, 0.3) is 16.8 Å². The van der Waals surface area contributed by atoms with Gasteiger partial charge in [-0.1, -0.05) is 12.1 Å². The highest BCUT2D eigenvalue weighted by Gasteiger charge is 2.18. The van der Waals surface area contributed by atoms with E-state index in [9.17, 15) is 0 Å². The molecule has 6 nitrogen and oxygen atoms in total. The van der Waals surface area contributed by atoms with Crippen LogP contribution >= 0.6 is 0 Å². The Morgan fingerprint density at radius 2 is 2.08 bits per heavy atom. The summed E-state index contributed by atoms with van der Waals surface area (Å²) >= 11 is 0. The first-order valence-corrected chi connectivity index (χ1v) is 9.02. The number of ether oxygens (including phenoxy) is 2. The number of rotatable bonds is 5. The summed E-state index contributed by atoms with van der Waals surface area (Å²) in [4.78, 5) is 4.75. The van der Waals surface area contributed by atoms with Crippen molar-refractivity contribution in [1.82, 2.24) is 14.6 Å². The number of nitrogens with zero attached hydrogens (tertiary/aromatic N) is 3. The fourth-order valence-electron chi connectivity index (χ4n) is 3.49. The first-order chi connectivity index (χ1) is 12.7. The van der Waals surface area contributed by atoms with Crippen LogP contribution in [0.5, 0.6) is 5.75 Å². The van der Waals surface area contributed by atoms with Crippen LogP contribution in [-0.4, -0.2) is 41.0 Å². The van der Waals surface area contributed by atoms with Crippen molar-refractivity contribution in [2.45, 2.75) is 32.8 Å². The minimum Gasteiger partial charge on any atom is -0.497 e. The molecule has 1 atom stereocenters. The van der Waals surface area contributed by atoms with Crippen molar-refractivity contribution >= 4 is 11.5 Å². The first-order valence-electron chi connectivity index (χ1n) is 9.02. The van der Waals surface area contributed by atoms with Gasteiger partial charge in [0.2, 0.25) is 0 Å². The van der Waals surface area contributed by atoms with Gasteiger partial charge in [-0.25, -0.2) is 4.98 Å². The van der Waals surface area contributed by atoms with Gasteiger partial charge in [-0.3, -0.25) is 0 Å². The molecule has 6 heteroatoms. The molecule has 4 rings (SSSR count). The topological polar surface area (TPSA) is 60.7 Å². The summed E-state index contributed by atoms with van der Waals surface area (Å²) in [6, 6.07) is 10.1. The second-order valence-corrected chi connectivity index (χ2v) is 6.72. The molecule has 0 aliphatic carbocycles. The molecule has 1 fully saturated rings. The lowest BCUT2D eigenvalue weighted by Crippen LogP contribution is -2.20. The minimum absolute atomic E-state index is 0.274. The Morgan fingerprint density at radius 1 is 1.27 bits per heavy atom. The molecule has 1 aliphatic heterocycles. The van der Waals surface area contributed by atoms with Gasteiger partial charge in [0.15, 0.2) is 5.65 Å². The van der Waals surface area contributed by atoms with E-state index in [1.54, 1.807) is 7.11 Å². The predicted molar refractivity (Wildman–Crippen MR) is 102 cm³/mol. The number of hydrogen-bond donors (Lipinski definition) is 1. The van der Waals surface area contributed by atoms with Gasteiger partial charge in [0.1, 0.15) is 11.6 Å². The first kappa shape index (κ1) is 16.8. The third-order valence-electron chi connectivity index (χ3n) is 4.81. The smallest absolute Gasteiger partial charge is 0.165 e. The summed E-state index contributed by atoms with van der Waals surface area (Å²) in [6.07, 6.45) is 2.52. The highest BCUT2D eigenvalue weighted by Crippen LogP contribution is 2.30. The summed E-state index contributed by atoms with van der Waals surface area (Å²) in [5.74, 6) is 1.79. The van der Waals surface area contributed by atoms with E-state index in [1.807, 2.05) is 48.7 Å². The number of aryl methyl sites for hydroxylation is 2. The predicted octanol–water partition coefficient (Wildman–Crippen LogP) is 3.61. The van der Waals surface area contributed by atoms with E-state index in [0.717, 1.165) is 65.7 Å². The maximum absolute atomic E-state index is 5.72. The van der Waals surface area contributed by atoms with Gasteiger partial charge in [-0.05, 0) is 44.4 Å². The fraction of sp³-hybridized carbons (Fsp3) is 0.400. The molecular weight excluding hydrogens is 328 g/mol. The van der Waals surface area contributed by atoms with Crippen molar-refractivity contribution in [3.63, 3.8) is 0 Å². The van der Waals surface area contributed by atoms with Crippen LogP contribution in [0.15, 0.2) is 30.3 Å². The van der Waals surface area contributed by atoms with Crippen LogP contribution in [0.4, 0.5) is 5.82 Å². The van der Waals surface area contributed by atoms with E-state index < -0.39 is 0 Å². The number of aromatic nitrogens is 3. The summed E-state index contributed by atoms with van der Waals surface area (Å²) in [5, 5.41) is 8.23. The zero-order chi connectivity index (χ0) is 18.1. The van der Waals surface area contributed by atoms with Crippen molar-refractivity contribution < 1.29 is 9.47 Å². The number of methoxy groups -OCH3 is 1. The van der Waals surface area contributed by atoms with Crippen LogP contribution in [0.3, 0.4) is 0 Å². The number of hydrogen-bond acceptors (Lipinski definition) is 5. The average molecular weight is 352 g/mol. The van der Waals surface area contributed by atoms with Crippen molar-refractivity contribution in [2.75, 3.05) is 25.6 Å². The molecule has 1 aromatic carbocycles. The van der Waals surface area contributed by atoms with Gasteiger partial charge in [-0.2, -0.15) is 9.61 Å². The Bertz CT molecular complexity index is 912. The van der Waals surface area contributed by atoms with E-state index in [-0.39, 0.29) is 6.10 Å². The Labute approximate surface area is 153 Å². The monoisotopic (exact) mass is 352 g/mol. The molecule has 1 aliphatic rings. The summed E-state index contributed by atoms with van der Waals surface area (Å²) in [7, 11) is 1.67. The Morgan fingerprint density at radius 3 is 2.77 bits per heavy atom. The molecule has 0 unspecified atom stereocenters. The highest BCUT2D eigenvalue weighted by atomic mass is 16.5. The second-order valence-electron chi connectivity index (χ2n) is 6.72. The summed E-state index contributed by atoms with van der Waals surface area (Å²) < 4.78 is 12.9. The lowest BCUT2D eigenvalue weighted by atomic mass is 10.1. The lowest BCUT2D eigenvalue weighted by molar-refractivity contribution is 0.120. The van der Waals surface area contributed by atoms with Gasteiger partial charge >= 0.3 is 0 Å². The van der Waals surface area contributed by atoms with E-state index >= 15 is 0 Å². The molecule has 0 saturated carbocycles. The van der Waals surface area contributed by atoms with Gasteiger partial charge in [0, 0.05) is 30.5 Å². The van der Waals surface area contributed by atoms with Crippen molar-refractivity contribution in [3.05, 3.63) is 41.7 Å². The van der Waals surface area contributed by atoms with E-state index in [2.05, 4.69) is 5.32 Å². The SMILES string of the molecule is COc1ccc(-c2c(C)nn3c(NC[C@@H]4CCCO4)cc(C)nc23)cc1. The minimum atomic E-state index is 0.274. The number of fused-ring (bicyclic) bond motifs is 1. The molecule has 0 bridgehead atoms. The quantitative estimate of drug-likeness (QED) is 0.760. The molecular formula is C20H24N4O2. The van der Waals surface area contributed by atoms with Gasteiger partial charge in [0.05, 0.1) is 18.9 Å². The average Bonchev–Trinajstić information content (AvgIpc) is 3.27. The largest absolute Gasteiger partial charge is 0.497 e. The molecule has 3 heterocycles. The molecule has 1 saturated heterocycles. The molecule has 1 N–H and O–H groups in total. The van der Waals surface area contributed by atoms with Crippen LogP contribution in [-0.2, 0) is 4.74 Å². The zero-order valence-corrected chi connectivity index (χ0v) is 15.5. The highest BCUT2D eigenvalue weighted by molar-refractivity contribution is 5.81. The lowest BCUT2D eigenvalue weighted by Gasteiger charge is -2.13. The maximum Gasteiger partial charge on any atom is 0.165 e. The van der Waals surface area contributed by atoms with Crippen LogP contribution in [0.2, 0.25) is 0 Å². The summed E-state index contributed by atoms with van der Waals surface area (Å²) in [6.45, 7) is 5.68. The molecule has 0 amide bonds. The van der Waals surface area contributed by atoms with Gasteiger partial charge < -0.3 is 14.8 Å². The van der Waals surface area contributed by atoms with Crippen molar-refractivity contribution in [2.24, 2.45) is 0 Å². The van der Waals surface area contributed by atoms with Crippen molar-refractivity contribution in [3.8, 4) is 16.9 Å². The van der Waals surface area contributed by atoms with Crippen molar-refractivity contribution in [1.29, 1.82) is 0 Å². The van der Waals surface area contributed by atoms with E-state index in [1.165, 1.54) is 0 Å². The third-order valence-corrected chi connectivity index (χ3v) is 4.81. The standard InChI is InChI=1S/C20H24N4O2/c1-13-11-18(21-12-17-5-4-10-26-17)24-20(22-13)19(14(2)23-24)15-6-8-16(25-3)9-7-15/h6-9,11,17,21H,4-5,10,12H2,1-3H3/t17-/m0/s1. The number of anilines is 1. The Kier molecular flexibility index (Phi) is 4.51. The van der Waals surface area contributed by atoms with Crippen LogP contribution < -0.4 is 10.1 Å². The molecule has 3 aromatic rings. The number of benzene rings is 1. The van der Waals surface area contributed by atoms with Gasteiger partial charge in [-0.15, -0.1) is 0 Å². The molecule has 136 valence electrons. The molecule has 26 heavy (non-hydrogen) atoms. The Hall–Kier alpha value is -2.60. The second kappa shape index (κ2) is 6.96. The van der Waals surface area contributed by atoms with E-state index in [0.29, 0.717) is 0 Å². The van der Waals surface area contributed by atoms with Crippen LogP contribution in [0, 0.1) is 13.8 Å². The molecule has 0 spiro atoms. The fourth-order valence-corrected chi connectivity index (χ4v) is 3.49. The van der Waals surface area contributed by atoms with E-state index in [4.69, 9.17) is 19.6 Å². The maximum atomic E-state index is 5.72.